The minimum Gasteiger partial charge on any atom is -0.349 e. The van der Waals surface area contributed by atoms with Crippen molar-refractivity contribution < 1.29 is 4.79 Å². The van der Waals surface area contributed by atoms with E-state index in [0.29, 0.717) is 12.3 Å². The fourth-order valence-corrected chi connectivity index (χ4v) is 2.17. The monoisotopic (exact) mass is 246 g/mol. The third kappa shape index (κ3) is 3.84. The summed E-state index contributed by atoms with van der Waals surface area (Å²) in [5.74, 6) is 0.736. The maximum absolute atomic E-state index is 11.9. The zero-order chi connectivity index (χ0) is 13.0. The van der Waals surface area contributed by atoms with E-state index in [1.54, 1.807) is 0 Å². The van der Waals surface area contributed by atoms with Gasteiger partial charge in [0.2, 0.25) is 5.91 Å². The van der Waals surface area contributed by atoms with Crippen LogP contribution in [-0.2, 0) is 4.79 Å². The smallest absolute Gasteiger partial charge is 0.220 e. The van der Waals surface area contributed by atoms with Gasteiger partial charge in [-0.3, -0.25) is 4.79 Å². The van der Waals surface area contributed by atoms with Crippen molar-refractivity contribution in [1.82, 2.24) is 5.32 Å². The fourth-order valence-electron chi connectivity index (χ4n) is 2.17. The van der Waals surface area contributed by atoms with Crippen LogP contribution in [0.25, 0.3) is 0 Å². The summed E-state index contributed by atoms with van der Waals surface area (Å²) in [6, 6.07) is 10.5. The van der Waals surface area contributed by atoms with E-state index < -0.39 is 0 Å². The summed E-state index contributed by atoms with van der Waals surface area (Å²) in [5.41, 5.74) is 6.89. The predicted molar refractivity (Wildman–Crippen MR) is 72.9 cm³/mol. The van der Waals surface area contributed by atoms with Gasteiger partial charge in [-0.25, -0.2) is 0 Å². The van der Waals surface area contributed by atoms with E-state index in [0.717, 1.165) is 6.42 Å². The van der Waals surface area contributed by atoms with E-state index in [1.165, 1.54) is 18.4 Å². The molecule has 2 rings (SSSR count). The summed E-state index contributed by atoms with van der Waals surface area (Å²) in [7, 11) is 0. The molecule has 1 aliphatic carbocycles. The van der Waals surface area contributed by atoms with Crippen molar-refractivity contribution in [2.24, 2.45) is 11.7 Å². The molecule has 0 heterocycles. The van der Waals surface area contributed by atoms with E-state index in [2.05, 4.69) is 17.4 Å². The van der Waals surface area contributed by atoms with Gasteiger partial charge < -0.3 is 11.1 Å². The fraction of sp³-hybridized carbons (Fsp3) is 0.533. The van der Waals surface area contributed by atoms with Gasteiger partial charge in [0.15, 0.2) is 0 Å². The van der Waals surface area contributed by atoms with Gasteiger partial charge >= 0.3 is 0 Å². The number of carbonyl (C=O) groups is 1. The molecule has 1 aromatic rings. The first-order chi connectivity index (χ1) is 8.66. The summed E-state index contributed by atoms with van der Waals surface area (Å²) in [6.45, 7) is 1.93. The average molecular weight is 246 g/mol. The topological polar surface area (TPSA) is 55.1 Å². The van der Waals surface area contributed by atoms with Crippen LogP contribution < -0.4 is 11.1 Å². The van der Waals surface area contributed by atoms with Crippen LogP contribution in [0.2, 0.25) is 0 Å². The van der Waals surface area contributed by atoms with Crippen LogP contribution in [0.5, 0.6) is 0 Å². The van der Waals surface area contributed by atoms with Crippen LogP contribution in [0.4, 0.5) is 0 Å². The standard InChI is InChI=1S/C15H22N2O/c1-11(16)7-10-14(18)17-15(13-8-9-13)12-5-3-2-4-6-12/h2-6,11,13,15H,7-10,16H2,1H3,(H,17,18). The molecule has 18 heavy (non-hydrogen) atoms. The summed E-state index contributed by atoms with van der Waals surface area (Å²) in [4.78, 5) is 11.9. The molecule has 0 bridgehead atoms. The first-order valence-corrected chi connectivity index (χ1v) is 6.76. The number of hydrogen-bond acceptors (Lipinski definition) is 2. The molecule has 2 unspecified atom stereocenters. The van der Waals surface area contributed by atoms with Crippen molar-refractivity contribution in [1.29, 1.82) is 0 Å². The Morgan fingerprint density at radius 2 is 2.06 bits per heavy atom. The molecule has 0 radical (unpaired) electrons. The lowest BCUT2D eigenvalue weighted by atomic mass is 10.0. The quantitative estimate of drug-likeness (QED) is 0.809. The molecular formula is C15H22N2O. The van der Waals surface area contributed by atoms with E-state index in [1.807, 2.05) is 25.1 Å². The Kier molecular flexibility index (Phi) is 4.37. The number of benzene rings is 1. The van der Waals surface area contributed by atoms with Crippen molar-refractivity contribution in [3.63, 3.8) is 0 Å². The van der Waals surface area contributed by atoms with E-state index >= 15 is 0 Å². The minimum atomic E-state index is 0.0897. The van der Waals surface area contributed by atoms with E-state index in [9.17, 15) is 4.79 Å². The summed E-state index contributed by atoms with van der Waals surface area (Å²) >= 11 is 0. The van der Waals surface area contributed by atoms with Crippen LogP contribution in [0.15, 0.2) is 30.3 Å². The van der Waals surface area contributed by atoms with Gasteiger partial charge in [0.1, 0.15) is 0 Å². The maximum atomic E-state index is 11.9. The van der Waals surface area contributed by atoms with Gasteiger partial charge in [0.25, 0.3) is 0 Å². The average Bonchev–Trinajstić information content (AvgIpc) is 3.19. The molecule has 0 spiro atoms. The van der Waals surface area contributed by atoms with Gasteiger partial charge in [-0.15, -0.1) is 0 Å². The van der Waals surface area contributed by atoms with Gasteiger partial charge in [0, 0.05) is 12.5 Å². The first-order valence-electron chi connectivity index (χ1n) is 6.76. The second kappa shape index (κ2) is 6.01. The van der Waals surface area contributed by atoms with Gasteiger partial charge in [-0.2, -0.15) is 0 Å². The van der Waals surface area contributed by atoms with Crippen LogP contribution in [0.3, 0.4) is 0 Å². The highest BCUT2D eigenvalue weighted by Crippen LogP contribution is 2.40. The molecule has 1 aromatic carbocycles. The molecule has 3 nitrogen and oxygen atoms in total. The number of amides is 1. The zero-order valence-electron chi connectivity index (χ0n) is 10.9. The molecule has 1 saturated carbocycles. The van der Waals surface area contributed by atoms with Crippen LogP contribution in [0.1, 0.15) is 44.2 Å². The number of rotatable bonds is 6. The Balaban J connectivity index is 1.93. The highest BCUT2D eigenvalue weighted by molar-refractivity contribution is 5.76. The van der Waals surface area contributed by atoms with Crippen molar-refractivity contribution in [3.05, 3.63) is 35.9 Å². The van der Waals surface area contributed by atoms with E-state index in [-0.39, 0.29) is 18.0 Å². The Morgan fingerprint density at radius 3 is 2.61 bits per heavy atom. The lowest BCUT2D eigenvalue weighted by molar-refractivity contribution is -0.122. The van der Waals surface area contributed by atoms with Crippen LogP contribution >= 0.6 is 0 Å². The predicted octanol–water partition coefficient (Wildman–Crippen LogP) is 2.38. The van der Waals surface area contributed by atoms with Gasteiger partial charge in [-0.05, 0) is 37.7 Å². The molecule has 0 aliphatic heterocycles. The van der Waals surface area contributed by atoms with Crippen LogP contribution in [0, 0.1) is 5.92 Å². The van der Waals surface area contributed by atoms with Crippen molar-refractivity contribution >= 4 is 5.91 Å². The Bertz CT molecular complexity index is 385. The molecule has 1 amide bonds. The zero-order valence-corrected chi connectivity index (χ0v) is 10.9. The largest absolute Gasteiger partial charge is 0.349 e. The highest BCUT2D eigenvalue weighted by Gasteiger charge is 2.33. The minimum absolute atomic E-state index is 0.0897. The molecule has 1 aliphatic rings. The molecule has 2 atom stereocenters. The van der Waals surface area contributed by atoms with Crippen LogP contribution in [-0.4, -0.2) is 11.9 Å². The number of nitrogens with two attached hydrogens (primary N) is 1. The second-order valence-corrected chi connectivity index (χ2v) is 5.31. The summed E-state index contributed by atoms with van der Waals surface area (Å²) < 4.78 is 0. The molecule has 1 fully saturated rings. The third-order valence-corrected chi connectivity index (χ3v) is 3.40. The summed E-state index contributed by atoms with van der Waals surface area (Å²) in [6.07, 6.45) is 3.70. The van der Waals surface area contributed by atoms with Gasteiger partial charge in [-0.1, -0.05) is 30.3 Å². The second-order valence-electron chi connectivity index (χ2n) is 5.31. The molecule has 3 N–H and O–H groups in total. The molecule has 0 aromatic heterocycles. The maximum Gasteiger partial charge on any atom is 0.220 e. The Morgan fingerprint density at radius 1 is 1.39 bits per heavy atom. The molecule has 98 valence electrons. The Hall–Kier alpha value is -1.35. The number of nitrogens with one attached hydrogen (secondary N) is 1. The normalized spacial score (nSPS) is 18.1. The lowest BCUT2D eigenvalue weighted by Gasteiger charge is -2.19. The van der Waals surface area contributed by atoms with Crippen molar-refractivity contribution in [3.8, 4) is 0 Å². The number of carbonyl (C=O) groups excluding carboxylic acids is 1. The summed E-state index contributed by atoms with van der Waals surface area (Å²) in [5, 5.41) is 3.16. The highest BCUT2D eigenvalue weighted by atomic mass is 16.1. The van der Waals surface area contributed by atoms with E-state index in [4.69, 9.17) is 5.73 Å². The molecule has 0 saturated heterocycles. The number of hydrogen-bond donors (Lipinski definition) is 2. The molecular weight excluding hydrogens is 224 g/mol. The lowest BCUT2D eigenvalue weighted by Crippen LogP contribution is -2.31. The van der Waals surface area contributed by atoms with Crippen molar-refractivity contribution in [2.45, 2.75) is 44.7 Å². The van der Waals surface area contributed by atoms with Gasteiger partial charge in [0.05, 0.1) is 6.04 Å². The Labute approximate surface area is 109 Å². The molecule has 3 heteroatoms. The third-order valence-electron chi connectivity index (χ3n) is 3.40. The van der Waals surface area contributed by atoms with Crippen molar-refractivity contribution in [2.75, 3.05) is 0 Å². The SMILES string of the molecule is CC(N)CCC(=O)NC(c1ccccc1)C1CC1. The first kappa shape index (κ1) is 13.1.